The number of carbonyl (C=O) groups excluding carboxylic acids is 2. The molecule has 0 atom stereocenters. The van der Waals surface area contributed by atoms with Gasteiger partial charge in [0.1, 0.15) is 0 Å². The Bertz CT molecular complexity index is 1060. The molecule has 0 saturated carbocycles. The lowest BCUT2D eigenvalue weighted by atomic mass is 10.1. The zero-order valence-electron chi connectivity index (χ0n) is 19.9. The second kappa shape index (κ2) is 12.0. The third kappa shape index (κ3) is 6.57. The van der Waals surface area contributed by atoms with E-state index in [2.05, 4.69) is 10.6 Å². The summed E-state index contributed by atoms with van der Waals surface area (Å²) in [7, 11) is -3.46. The molecule has 1 aliphatic rings. The Morgan fingerprint density at radius 3 is 1.82 bits per heavy atom. The van der Waals surface area contributed by atoms with Crippen LogP contribution in [-0.4, -0.2) is 55.7 Å². The molecular formula is C25H34N4O4S. The molecule has 9 heteroatoms. The van der Waals surface area contributed by atoms with Gasteiger partial charge in [0.25, 0.3) is 5.91 Å². The minimum Gasteiger partial charge on any atom is -0.339 e. The molecule has 0 radical (unpaired) electrons. The number of piperidine rings is 1. The second-order valence-corrected chi connectivity index (χ2v) is 10.3. The maximum Gasteiger partial charge on any atom is 0.315 e. The van der Waals surface area contributed by atoms with E-state index < -0.39 is 10.0 Å². The number of rotatable bonds is 9. The molecule has 0 aromatic heterocycles. The smallest absolute Gasteiger partial charge is 0.315 e. The van der Waals surface area contributed by atoms with Gasteiger partial charge in [0, 0.05) is 44.8 Å². The summed E-state index contributed by atoms with van der Waals surface area (Å²) in [6, 6.07) is 13.5. The molecule has 3 amide bonds. The van der Waals surface area contributed by atoms with Crippen LogP contribution >= 0.6 is 0 Å². The van der Waals surface area contributed by atoms with Crippen LogP contribution in [0.5, 0.6) is 0 Å². The SMILES string of the molecule is CCN(CC)C(=O)c1ccc(CNC(=O)NCc2ccc(S(=O)(=O)N3CCCCC3)cc2)cc1. The molecule has 0 spiro atoms. The summed E-state index contributed by atoms with van der Waals surface area (Å²) in [4.78, 5) is 26.6. The van der Waals surface area contributed by atoms with E-state index in [1.165, 1.54) is 0 Å². The van der Waals surface area contributed by atoms with Crippen molar-refractivity contribution in [1.29, 1.82) is 0 Å². The van der Waals surface area contributed by atoms with Gasteiger partial charge in [-0.1, -0.05) is 30.7 Å². The quantitative estimate of drug-likeness (QED) is 0.568. The van der Waals surface area contributed by atoms with E-state index >= 15 is 0 Å². The van der Waals surface area contributed by atoms with Crippen LogP contribution in [0.25, 0.3) is 0 Å². The first-order chi connectivity index (χ1) is 16.3. The normalized spacial score (nSPS) is 14.4. The van der Waals surface area contributed by atoms with Gasteiger partial charge in [-0.25, -0.2) is 13.2 Å². The first-order valence-electron chi connectivity index (χ1n) is 11.8. The van der Waals surface area contributed by atoms with Crippen LogP contribution in [-0.2, 0) is 23.1 Å². The molecule has 1 aliphatic heterocycles. The van der Waals surface area contributed by atoms with Crippen molar-refractivity contribution in [3.05, 3.63) is 65.2 Å². The van der Waals surface area contributed by atoms with E-state index in [0.29, 0.717) is 38.3 Å². The van der Waals surface area contributed by atoms with Crippen molar-refractivity contribution in [3.8, 4) is 0 Å². The van der Waals surface area contributed by atoms with E-state index in [-0.39, 0.29) is 23.4 Å². The van der Waals surface area contributed by atoms with Crippen LogP contribution in [0, 0.1) is 0 Å². The van der Waals surface area contributed by atoms with Gasteiger partial charge in [-0.15, -0.1) is 0 Å². The summed E-state index contributed by atoms with van der Waals surface area (Å²) in [5, 5.41) is 5.57. The Morgan fingerprint density at radius 2 is 1.32 bits per heavy atom. The van der Waals surface area contributed by atoms with E-state index in [9.17, 15) is 18.0 Å². The number of hydrogen-bond acceptors (Lipinski definition) is 4. The maximum absolute atomic E-state index is 12.7. The summed E-state index contributed by atoms with van der Waals surface area (Å²) in [5.74, 6) is -0.00278. The monoisotopic (exact) mass is 486 g/mol. The van der Waals surface area contributed by atoms with Crippen molar-refractivity contribution in [2.75, 3.05) is 26.2 Å². The van der Waals surface area contributed by atoms with Crippen LogP contribution in [0.3, 0.4) is 0 Å². The molecule has 0 bridgehead atoms. The van der Waals surface area contributed by atoms with Crippen LogP contribution < -0.4 is 10.6 Å². The third-order valence-corrected chi connectivity index (χ3v) is 7.95. The van der Waals surface area contributed by atoms with Crippen molar-refractivity contribution in [3.63, 3.8) is 0 Å². The summed E-state index contributed by atoms with van der Waals surface area (Å²) in [5.41, 5.74) is 2.33. The van der Waals surface area contributed by atoms with Crippen LogP contribution in [0.2, 0.25) is 0 Å². The lowest BCUT2D eigenvalue weighted by Gasteiger charge is -2.25. The van der Waals surface area contributed by atoms with Gasteiger partial charge in [0.2, 0.25) is 10.0 Å². The molecule has 34 heavy (non-hydrogen) atoms. The number of benzene rings is 2. The highest BCUT2D eigenvalue weighted by Gasteiger charge is 2.25. The average Bonchev–Trinajstić information content (AvgIpc) is 2.88. The number of amides is 3. The molecule has 184 valence electrons. The maximum atomic E-state index is 12.7. The fourth-order valence-corrected chi connectivity index (χ4v) is 5.44. The number of urea groups is 1. The van der Waals surface area contributed by atoms with Crippen molar-refractivity contribution >= 4 is 22.0 Å². The average molecular weight is 487 g/mol. The second-order valence-electron chi connectivity index (χ2n) is 8.32. The molecule has 8 nitrogen and oxygen atoms in total. The first kappa shape index (κ1) is 25.7. The minimum absolute atomic E-state index is 0.00278. The molecular weight excluding hydrogens is 452 g/mol. The first-order valence-corrected chi connectivity index (χ1v) is 13.3. The molecule has 0 unspecified atom stereocenters. The Morgan fingerprint density at radius 1 is 0.824 bits per heavy atom. The number of sulfonamides is 1. The fraction of sp³-hybridized carbons (Fsp3) is 0.440. The van der Waals surface area contributed by atoms with Gasteiger partial charge in [0.15, 0.2) is 0 Å². The lowest BCUT2D eigenvalue weighted by molar-refractivity contribution is 0.0773. The van der Waals surface area contributed by atoms with Crippen LogP contribution in [0.1, 0.15) is 54.6 Å². The van der Waals surface area contributed by atoms with Crippen LogP contribution in [0.4, 0.5) is 4.79 Å². The Kier molecular flexibility index (Phi) is 9.06. The molecule has 2 aromatic carbocycles. The summed E-state index contributed by atoms with van der Waals surface area (Å²) < 4.78 is 27.0. The summed E-state index contributed by atoms with van der Waals surface area (Å²) in [6.07, 6.45) is 2.87. The predicted octanol–water partition coefficient (Wildman–Crippen LogP) is 3.34. The highest BCUT2D eigenvalue weighted by molar-refractivity contribution is 7.89. The molecule has 0 aliphatic carbocycles. The van der Waals surface area contributed by atoms with Crippen LogP contribution in [0.15, 0.2) is 53.4 Å². The van der Waals surface area contributed by atoms with Crippen molar-refractivity contribution < 1.29 is 18.0 Å². The van der Waals surface area contributed by atoms with E-state index in [1.807, 2.05) is 26.0 Å². The Labute approximate surface area is 202 Å². The number of hydrogen-bond donors (Lipinski definition) is 2. The number of nitrogens with zero attached hydrogens (tertiary/aromatic N) is 2. The highest BCUT2D eigenvalue weighted by Crippen LogP contribution is 2.20. The highest BCUT2D eigenvalue weighted by atomic mass is 32.2. The number of carbonyl (C=O) groups is 2. The summed E-state index contributed by atoms with van der Waals surface area (Å²) in [6.45, 7) is 6.98. The molecule has 1 saturated heterocycles. The molecule has 3 rings (SSSR count). The predicted molar refractivity (Wildman–Crippen MR) is 132 cm³/mol. The van der Waals surface area contributed by atoms with Gasteiger partial charge < -0.3 is 15.5 Å². The molecule has 2 N–H and O–H groups in total. The summed E-state index contributed by atoms with van der Waals surface area (Å²) >= 11 is 0. The van der Waals surface area contributed by atoms with Gasteiger partial charge in [-0.05, 0) is 62.1 Å². The topological polar surface area (TPSA) is 98.8 Å². The third-order valence-electron chi connectivity index (χ3n) is 6.03. The molecule has 2 aromatic rings. The van der Waals surface area contributed by atoms with Gasteiger partial charge in [-0.2, -0.15) is 4.31 Å². The Balaban J connectivity index is 1.46. The van der Waals surface area contributed by atoms with Crippen molar-refractivity contribution in [2.45, 2.75) is 51.1 Å². The van der Waals surface area contributed by atoms with E-state index in [4.69, 9.17) is 0 Å². The lowest BCUT2D eigenvalue weighted by Crippen LogP contribution is -2.35. The van der Waals surface area contributed by atoms with Gasteiger partial charge >= 0.3 is 6.03 Å². The van der Waals surface area contributed by atoms with Crippen molar-refractivity contribution in [1.82, 2.24) is 19.8 Å². The molecule has 1 fully saturated rings. The minimum atomic E-state index is -3.46. The Hall–Kier alpha value is -2.91. The van der Waals surface area contributed by atoms with Crippen molar-refractivity contribution in [2.24, 2.45) is 0 Å². The molecule has 1 heterocycles. The largest absolute Gasteiger partial charge is 0.339 e. The van der Waals surface area contributed by atoms with Gasteiger partial charge in [0.05, 0.1) is 4.90 Å². The standard InChI is InChI=1S/C25H34N4O4S/c1-3-28(4-2)24(30)22-12-8-20(9-13-22)18-26-25(31)27-19-21-10-14-23(15-11-21)34(32,33)29-16-6-5-7-17-29/h8-15H,3-7,16-19H2,1-2H3,(H2,26,27,31). The zero-order chi connectivity index (χ0) is 24.6. The van der Waals surface area contributed by atoms with E-state index in [1.54, 1.807) is 45.6 Å². The number of nitrogens with one attached hydrogen (secondary N) is 2. The fourth-order valence-electron chi connectivity index (χ4n) is 3.92. The van der Waals surface area contributed by atoms with E-state index in [0.717, 1.165) is 30.4 Å². The van der Waals surface area contributed by atoms with Gasteiger partial charge in [-0.3, -0.25) is 4.79 Å². The zero-order valence-corrected chi connectivity index (χ0v) is 20.7.